The van der Waals surface area contributed by atoms with Gasteiger partial charge in [-0.25, -0.2) is 0 Å². The van der Waals surface area contributed by atoms with Crippen LogP contribution in [0.4, 0.5) is 0 Å². The average molecular weight is 716 g/mol. The summed E-state index contributed by atoms with van der Waals surface area (Å²) >= 11 is 6.94. The summed E-state index contributed by atoms with van der Waals surface area (Å²) in [4.78, 5) is 35.5. The summed E-state index contributed by atoms with van der Waals surface area (Å²) in [6.45, 7) is 10.4. The summed E-state index contributed by atoms with van der Waals surface area (Å²) in [5, 5.41) is 2.07. The highest BCUT2D eigenvalue weighted by molar-refractivity contribution is 9.11. The quantitative estimate of drug-likeness (QED) is 0.114. The molecule has 0 saturated carbocycles. The van der Waals surface area contributed by atoms with Crippen LogP contribution in [0.1, 0.15) is 140 Å². The highest BCUT2D eigenvalue weighted by Gasteiger charge is 2.50. The second kappa shape index (κ2) is 18.6. The number of fused-ring (bicyclic) bond motifs is 1. The van der Waals surface area contributed by atoms with E-state index in [4.69, 9.17) is 0 Å². The SMILES string of the molecule is CCCCCCC(CCCC)CN1C(=O)C2=C(c3ccc(Br)s3)N(CC(CCCC)CCCCCC)C(=O)C2=C1c1cccs1. The van der Waals surface area contributed by atoms with Crippen molar-refractivity contribution in [1.82, 2.24) is 9.80 Å². The Bertz CT molecular complexity index is 1290. The Kier molecular flexibility index (Phi) is 14.9. The van der Waals surface area contributed by atoms with Gasteiger partial charge < -0.3 is 9.80 Å². The monoisotopic (exact) mass is 714 g/mol. The summed E-state index contributed by atoms with van der Waals surface area (Å²) in [6.07, 6.45) is 19.1. The van der Waals surface area contributed by atoms with Crippen molar-refractivity contribution >= 4 is 61.8 Å². The summed E-state index contributed by atoms with van der Waals surface area (Å²) in [5.41, 5.74) is 2.98. The zero-order chi connectivity index (χ0) is 32.2. The molecule has 0 saturated heterocycles. The van der Waals surface area contributed by atoms with E-state index in [1.165, 1.54) is 64.2 Å². The number of hydrogen-bond acceptors (Lipinski definition) is 4. The zero-order valence-electron chi connectivity index (χ0n) is 28.2. The predicted octanol–water partition coefficient (Wildman–Crippen LogP) is 11.9. The van der Waals surface area contributed by atoms with E-state index < -0.39 is 0 Å². The van der Waals surface area contributed by atoms with Gasteiger partial charge in [-0.05, 0) is 77.0 Å². The number of halogens is 1. The Hall–Kier alpha value is -1.70. The Morgan fingerprint density at radius 3 is 1.53 bits per heavy atom. The molecule has 2 aromatic rings. The third kappa shape index (κ3) is 9.22. The van der Waals surface area contributed by atoms with Gasteiger partial charge in [0.25, 0.3) is 11.8 Å². The number of rotatable bonds is 22. The van der Waals surface area contributed by atoms with Gasteiger partial charge in [0.1, 0.15) is 0 Å². The Morgan fingerprint density at radius 1 is 0.622 bits per heavy atom. The molecule has 4 heterocycles. The normalized spacial score (nSPS) is 16.5. The topological polar surface area (TPSA) is 40.6 Å². The first-order valence-electron chi connectivity index (χ1n) is 17.9. The molecule has 7 heteroatoms. The van der Waals surface area contributed by atoms with Crippen LogP contribution in [-0.4, -0.2) is 34.7 Å². The first-order valence-corrected chi connectivity index (χ1v) is 20.4. The summed E-state index contributed by atoms with van der Waals surface area (Å²) in [5.74, 6) is 0.911. The van der Waals surface area contributed by atoms with Crippen LogP contribution in [0, 0.1) is 11.8 Å². The fourth-order valence-electron chi connectivity index (χ4n) is 6.99. The number of carbonyl (C=O) groups excluding carboxylic acids is 2. The van der Waals surface area contributed by atoms with E-state index in [-0.39, 0.29) is 11.8 Å². The Morgan fingerprint density at radius 2 is 1.11 bits per heavy atom. The van der Waals surface area contributed by atoms with Crippen LogP contribution in [0.25, 0.3) is 11.4 Å². The maximum Gasteiger partial charge on any atom is 0.261 e. The molecule has 2 atom stereocenters. The van der Waals surface area contributed by atoms with E-state index in [2.05, 4.69) is 61.1 Å². The second-order valence-corrected chi connectivity index (χ2v) is 16.5. The van der Waals surface area contributed by atoms with Crippen molar-refractivity contribution < 1.29 is 9.59 Å². The first-order chi connectivity index (χ1) is 21.9. The van der Waals surface area contributed by atoms with Gasteiger partial charge in [0.05, 0.1) is 36.1 Å². The van der Waals surface area contributed by atoms with Gasteiger partial charge in [0.2, 0.25) is 0 Å². The molecule has 0 N–H and O–H groups in total. The molecule has 2 aliphatic heterocycles. The van der Waals surface area contributed by atoms with Gasteiger partial charge in [-0.2, -0.15) is 0 Å². The standard InChI is InChI=1S/C38H55BrN2O2S2/c1-5-9-13-15-20-28(18-11-7-3)26-40-35(30-22-17-25-44-30)33-34(38(40)43)36(31-23-24-32(39)45-31)41(37(33)42)27-29(19-12-8-4)21-16-14-10-6-2/h17,22-25,28-29H,5-16,18-21,26-27H2,1-4H3. The minimum absolute atomic E-state index is 0.0203. The highest BCUT2D eigenvalue weighted by atomic mass is 79.9. The molecular weight excluding hydrogens is 660 g/mol. The van der Waals surface area contributed by atoms with E-state index in [1.807, 2.05) is 21.9 Å². The number of unbranched alkanes of at least 4 members (excludes halogenated alkanes) is 8. The number of hydrogen-bond donors (Lipinski definition) is 0. The van der Waals surface area contributed by atoms with E-state index in [9.17, 15) is 9.59 Å². The van der Waals surface area contributed by atoms with Crippen molar-refractivity contribution in [3.63, 3.8) is 0 Å². The molecule has 4 rings (SSSR count). The summed E-state index contributed by atoms with van der Waals surface area (Å²) in [6, 6.07) is 8.27. The highest BCUT2D eigenvalue weighted by Crippen LogP contribution is 2.49. The van der Waals surface area contributed by atoms with Gasteiger partial charge in [-0.1, -0.05) is 111 Å². The molecule has 2 aromatic heterocycles. The lowest BCUT2D eigenvalue weighted by Crippen LogP contribution is -2.34. The Labute approximate surface area is 289 Å². The molecule has 0 radical (unpaired) electrons. The molecule has 2 amide bonds. The van der Waals surface area contributed by atoms with Crippen molar-refractivity contribution in [3.05, 3.63) is 54.3 Å². The van der Waals surface area contributed by atoms with E-state index in [1.54, 1.807) is 22.7 Å². The van der Waals surface area contributed by atoms with Gasteiger partial charge in [0.15, 0.2) is 0 Å². The zero-order valence-corrected chi connectivity index (χ0v) is 31.4. The average Bonchev–Trinajstić information content (AvgIpc) is 3.82. The van der Waals surface area contributed by atoms with Gasteiger partial charge >= 0.3 is 0 Å². The van der Waals surface area contributed by atoms with Crippen molar-refractivity contribution in [3.8, 4) is 0 Å². The van der Waals surface area contributed by atoms with E-state index in [0.29, 0.717) is 36.1 Å². The lowest BCUT2D eigenvalue weighted by Gasteiger charge is -2.29. The third-order valence-electron chi connectivity index (χ3n) is 9.49. The molecule has 248 valence electrons. The van der Waals surface area contributed by atoms with Crippen molar-refractivity contribution in [2.24, 2.45) is 11.8 Å². The van der Waals surface area contributed by atoms with Crippen LogP contribution in [0.15, 0.2) is 44.6 Å². The maximum atomic E-state index is 14.7. The van der Waals surface area contributed by atoms with Crippen LogP contribution in [0.3, 0.4) is 0 Å². The fraction of sp³-hybridized carbons (Fsp3) is 0.632. The molecule has 0 bridgehead atoms. The molecule has 2 aliphatic rings. The van der Waals surface area contributed by atoms with E-state index >= 15 is 0 Å². The molecule has 4 nitrogen and oxygen atoms in total. The van der Waals surface area contributed by atoms with E-state index in [0.717, 1.165) is 63.5 Å². The summed E-state index contributed by atoms with van der Waals surface area (Å²) in [7, 11) is 0. The van der Waals surface area contributed by atoms with Crippen LogP contribution in [-0.2, 0) is 9.59 Å². The van der Waals surface area contributed by atoms with Crippen LogP contribution in [0.5, 0.6) is 0 Å². The van der Waals surface area contributed by atoms with Crippen molar-refractivity contribution in [2.45, 2.75) is 130 Å². The lowest BCUT2D eigenvalue weighted by molar-refractivity contribution is -0.124. The lowest BCUT2D eigenvalue weighted by atomic mass is 9.94. The molecular formula is C38H55BrN2O2S2. The molecule has 0 aromatic carbocycles. The summed E-state index contributed by atoms with van der Waals surface area (Å²) < 4.78 is 1.02. The minimum Gasteiger partial charge on any atom is -0.306 e. The third-order valence-corrected chi connectivity index (χ3v) is 12.0. The molecule has 45 heavy (non-hydrogen) atoms. The molecule has 0 fully saturated rings. The van der Waals surface area contributed by atoms with Crippen molar-refractivity contribution in [1.29, 1.82) is 0 Å². The minimum atomic E-state index is 0.0203. The molecule has 2 unspecified atom stereocenters. The van der Waals surface area contributed by atoms with Crippen molar-refractivity contribution in [2.75, 3.05) is 13.1 Å². The molecule has 0 spiro atoms. The smallest absolute Gasteiger partial charge is 0.261 e. The second-order valence-electron chi connectivity index (χ2n) is 13.1. The number of thiophene rings is 2. The predicted molar refractivity (Wildman–Crippen MR) is 197 cm³/mol. The van der Waals surface area contributed by atoms with Crippen LogP contribution in [0.2, 0.25) is 0 Å². The first kappa shape index (κ1) is 36.1. The fourth-order valence-corrected chi connectivity index (χ4v) is 9.22. The number of carbonyl (C=O) groups is 2. The van der Waals surface area contributed by atoms with Gasteiger partial charge in [-0.15, -0.1) is 22.7 Å². The largest absolute Gasteiger partial charge is 0.306 e. The van der Waals surface area contributed by atoms with Gasteiger partial charge in [-0.3, -0.25) is 9.59 Å². The van der Waals surface area contributed by atoms with Crippen LogP contribution < -0.4 is 0 Å². The number of amides is 2. The molecule has 0 aliphatic carbocycles. The number of nitrogens with zero attached hydrogens (tertiary/aromatic N) is 2. The Balaban J connectivity index is 1.74. The maximum absolute atomic E-state index is 14.7. The van der Waals surface area contributed by atoms with Gasteiger partial charge in [0, 0.05) is 13.1 Å². The van der Waals surface area contributed by atoms with Crippen LogP contribution >= 0.6 is 38.6 Å².